The summed E-state index contributed by atoms with van der Waals surface area (Å²) in [6.07, 6.45) is 5.84. The molecule has 1 unspecified atom stereocenters. The van der Waals surface area contributed by atoms with Gasteiger partial charge in [0.2, 0.25) is 0 Å². The van der Waals surface area contributed by atoms with Gasteiger partial charge in [0, 0.05) is 24.5 Å². The van der Waals surface area contributed by atoms with Crippen molar-refractivity contribution in [3.63, 3.8) is 0 Å². The number of aryl methyl sites for hydroxylation is 1. The average Bonchev–Trinajstić information content (AvgIpc) is 2.62. The van der Waals surface area contributed by atoms with Gasteiger partial charge in [0.25, 0.3) is 0 Å². The second-order valence-electron chi connectivity index (χ2n) is 5.59. The van der Waals surface area contributed by atoms with Gasteiger partial charge in [0.15, 0.2) is 0 Å². The molecule has 0 aromatic carbocycles. The van der Waals surface area contributed by atoms with Crippen molar-refractivity contribution in [3.8, 4) is 0 Å². The molecule has 2 rings (SSSR count). The zero-order valence-corrected chi connectivity index (χ0v) is 12.0. The molecule has 1 atom stereocenters. The van der Waals surface area contributed by atoms with Gasteiger partial charge in [-0.1, -0.05) is 0 Å². The van der Waals surface area contributed by atoms with Crippen LogP contribution < -0.4 is 0 Å². The zero-order chi connectivity index (χ0) is 13.0. The highest BCUT2D eigenvalue weighted by Crippen LogP contribution is 2.14. The topological polar surface area (TPSA) is 24.3 Å². The summed E-state index contributed by atoms with van der Waals surface area (Å²) in [5.74, 6) is 0. The fourth-order valence-corrected chi connectivity index (χ4v) is 2.75. The number of likely N-dealkylation sites (tertiary alicyclic amines) is 1. The second kappa shape index (κ2) is 6.34. The van der Waals surface area contributed by atoms with Gasteiger partial charge < -0.3 is 9.80 Å². The maximum Gasteiger partial charge on any atom is 0.0539 e. The van der Waals surface area contributed by atoms with Gasteiger partial charge in [0.1, 0.15) is 0 Å². The summed E-state index contributed by atoms with van der Waals surface area (Å²) in [4.78, 5) is 4.96. The minimum absolute atomic E-state index is 0.765. The van der Waals surface area contributed by atoms with Gasteiger partial charge in [-0.2, -0.15) is 5.10 Å². The molecule has 1 fully saturated rings. The van der Waals surface area contributed by atoms with Gasteiger partial charge in [-0.3, -0.25) is 4.68 Å². The molecule has 0 aliphatic carbocycles. The van der Waals surface area contributed by atoms with E-state index in [1.807, 2.05) is 6.20 Å². The van der Waals surface area contributed by atoms with Crippen molar-refractivity contribution < 1.29 is 0 Å². The maximum absolute atomic E-state index is 4.35. The van der Waals surface area contributed by atoms with Crippen LogP contribution in [0, 0.1) is 6.92 Å². The van der Waals surface area contributed by atoms with Crippen molar-refractivity contribution in [2.24, 2.45) is 0 Å². The lowest BCUT2D eigenvalue weighted by atomic mass is 10.1. The molecule has 1 aliphatic heterocycles. The molecule has 4 heteroatoms. The Morgan fingerprint density at radius 2 is 2.11 bits per heavy atom. The Hall–Kier alpha value is -0.870. The van der Waals surface area contributed by atoms with Gasteiger partial charge >= 0.3 is 0 Å². The van der Waals surface area contributed by atoms with E-state index >= 15 is 0 Å². The van der Waals surface area contributed by atoms with Crippen LogP contribution in [0.1, 0.15) is 25.0 Å². The van der Waals surface area contributed by atoms with Crippen molar-refractivity contribution in [3.05, 3.63) is 18.0 Å². The standard InChI is InChI=1S/C14H26N4/c1-13-6-8-15-18(13)12-11-17-9-4-5-14(7-10-17)16(2)3/h6,8,14H,4-5,7,9-12H2,1-3H3. The summed E-state index contributed by atoms with van der Waals surface area (Å²) in [7, 11) is 4.40. The van der Waals surface area contributed by atoms with E-state index in [1.165, 1.54) is 38.0 Å². The van der Waals surface area contributed by atoms with E-state index in [1.54, 1.807) is 0 Å². The fraction of sp³-hybridized carbons (Fsp3) is 0.786. The van der Waals surface area contributed by atoms with Crippen LogP contribution in [0.2, 0.25) is 0 Å². The first-order chi connectivity index (χ1) is 8.66. The lowest BCUT2D eigenvalue weighted by Gasteiger charge is -2.23. The first kappa shape index (κ1) is 13.6. The van der Waals surface area contributed by atoms with Crippen molar-refractivity contribution in [1.82, 2.24) is 19.6 Å². The number of aromatic nitrogens is 2. The summed E-state index contributed by atoms with van der Waals surface area (Å²) >= 11 is 0. The molecule has 1 aromatic heterocycles. The van der Waals surface area contributed by atoms with Crippen LogP contribution in [0.3, 0.4) is 0 Å². The lowest BCUT2D eigenvalue weighted by molar-refractivity contribution is 0.242. The highest BCUT2D eigenvalue weighted by atomic mass is 15.3. The predicted molar refractivity (Wildman–Crippen MR) is 74.7 cm³/mol. The Labute approximate surface area is 111 Å². The van der Waals surface area contributed by atoms with Crippen molar-refractivity contribution in [2.75, 3.05) is 33.7 Å². The molecule has 1 saturated heterocycles. The quantitative estimate of drug-likeness (QED) is 0.811. The lowest BCUT2D eigenvalue weighted by Crippen LogP contribution is -2.31. The minimum Gasteiger partial charge on any atom is -0.306 e. The average molecular weight is 250 g/mol. The van der Waals surface area contributed by atoms with Crippen LogP contribution in [0.5, 0.6) is 0 Å². The third-order valence-corrected chi connectivity index (χ3v) is 4.08. The first-order valence-corrected chi connectivity index (χ1v) is 7.04. The zero-order valence-electron chi connectivity index (χ0n) is 12.0. The largest absolute Gasteiger partial charge is 0.306 e. The van der Waals surface area contributed by atoms with E-state index < -0.39 is 0 Å². The first-order valence-electron chi connectivity index (χ1n) is 7.04. The summed E-state index contributed by atoms with van der Waals surface area (Å²) in [6.45, 7) is 6.74. The Balaban J connectivity index is 1.79. The molecule has 2 heterocycles. The molecule has 1 aromatic rings. The third-order valence-electron chi connectivity index (χ3n) is 4.08. The van der Waals surface area contributed by atoms with E-state index in [2.05, 4.69) is 46.7 Å². The molecule has 4 nitrogen and oxygen atoms in total. The number of hydrogen-bond acceptors (Lipinski definition) is 3. The molecule has 102 valence electrons. The Morgan fingerprint density at radius 1 is 1.28 bits per heavy atom. The van der Waals surface area contributed by atoms with Crippen LogP contribution in [-0.2, 0) is 6.54 Å². The second-order valence-corrected chi connectivity index (χ2v) is 5.59. The summed E-state index contributed by atoms with van der Waals surface area (Å²) < 4.78 is 2.11. The molecule has 0 N–H and O–H groups in total. The van der Waals surface area contributed by atoms with E-state index in [0.717, 1.165) is 19.1 Å². The normalized spacial score (nSPS) is 22.3. The predicted octanol–water partition coefficient (Wildman–Crippen LogP) is 1.61. The number of rotatable bonds is 4. The SMILES string of the molecule is Cc1ccnn1CCN1CCCC(N(C)C)CC1. The summed E-state index contributed by atoms with van der Waals surface area (Å²) in [5.41, 5.74) is 1.26. The van der Waals surface area contributed by atoms with E-state index in [0.29, 0.717) is 0 Å². The van der Waals surface area contributed by atoms with Gasteiger partial charge in [-0.25, -0.2) is 0 Å². The molecule has 18 heavy (non-hydrogen) atoms. The summed E-state index contributed by atoms with van der Waals surface area (Å²) in [6, 6.07) is 2.84. The Morgan fingerprint density at radius 3 is 2.78 bits per heavy atom. The Kier molecular flexibility index (Phi) is 4.78. The summed E-state index contributed by atoms with van der Waals surface area (Å²) in [5, 5.41) is 4.35. The molecule has 0 bridgehead atoms. The monoisotopic (exact) mass is 250 g/mol. The molecule has 0 saturated carbocycles. The van der Waals surface area contributed by atoms with E-state index in [-0.39, 0.29) is 0 Å². The minimum atomic E-state index is 0.765. The van der Waals surface area contributed by atoms with E-state index in [4.69, 9.17) is 0 Å². The van der Waals surface area contributed by atoms with Crippen LogP contribution in [-0.4, -0.2) is 59.4 Å². The van der Waals surface area contributed by atoms with Gasteiger partial charge in [0.05, 0.1) is 6.54 Å². The molecule has 0 radical (unpaired) electrons. The van der Waals surface area contributed by atoms with Crippen LogP contribution in [0.4, 0.5) is 0 Å². The maximum atomic E-state index is 4.35. The van der Waals surface area contributed by atoms with Crippen LogP contribution in [0.25, 0.3) is 0 Å². The fourth-order valence-electron chi connectivity index (χ4n) is 2.75. The van der Waals surface area contributed by atoms with Crippen LogP contribution in [0.15, 0.2) is 12.3 Å². The van der Waals surface area contributed by atoms with E-state index in [9.17, 15) is 0 Å². The van der Waals surface area contributed by atoms with Crippen molar-refractivity contribution in [2.45, 2.75) is 38.8 Å². The van der Waals surface area contributed by atoms with Crippen molar-refractivity contribution in [1.29, 1.82) is 0 Å². The van der Waals surface area contributed by atoms with Crippen molar-refractivity contribution >= 4 is 0 Å². The highest BCUT2D eigenvalue weighted by molar-refractivity contribution is 4.96. The van der Waals surface area contributed by atoms with Gasteiger partial charge in [-0.05, 0) is 59.4 Å². The molecular formula is C14H26N4. The number of hydrogen-bond donors (Lipinski definition) is 0. The van der Waals surface area contributed by atoms with Gasteiger partial charge in [-0.15, -0.1) is 0 Å². The smallest absolute Gasteiger partial charge is 0.0539 e. The third kappa shape index (κ3) is 3.56. The molecular weight excluding hydrogens is 224 g/mol. The van der Waals surface area contributed by atoms with Crippen LogP contribution >= 0.6 is 0 Å². The highest BCUT2D eigenvalue weighted by Gasteiger charge is 2.18. The number of nitrogens with zero attached hydrogens (tertiary/aromatic N) is 4. The molecule has 1 aliphatic rings. The molecule has 0 spiro atoms. The molecule has 0 amide bonds. The Bertz CT molecular complexity index is 358.